The summed E-state index contributed by atoms with van der Waals surface area (Å²) in [5, 5.41) is 49.4. The Labute approximate surface area is 195 Å². The molecular weight excluding hydrogens is 432 g/mol. The third-order valence-corrected chi connectivity index (χ3v) is 5.82. The third kappa shape index (κ3) is 4.21. The maximum Gasteiger partial charge on any atom is 0.135 e. The highest BCUT2D eigenvalue weighted by molar-refractivity contribution is 5.72. The molecule has 4 aromatic rings. The first kappa shape index (κ1) is 21.3. The van der Waals surface area contributed by atoms with Crippen molar-refractivity contribution in [2.75, 3.05) is 0 Å². The van der Waals surface area contributed by atoms with Crippen LogP contribution in [0.15, 0.2) is 78.9 Å². The fourth-order valence-electron chi connectivity index (χ4n) is 4.37. The molecule has 0 fully saturated rings. The molecule has 6 heteroatoms. The molecule has 5 rings (SSSR count). The van der Waals surface area contributed by atoms with E-state index in [-0.39, 0.29) is 34.7 Å². The molecule has 6 nitrogen and oxygen atoms in total. The predicted molar refractivity (Wildman–Crippen MR) is 128 cm³/mol. The average molecular weight is 454 g/mol. The Morgan fingerprint density at radius 1 is 0.529 bits per heavy atom. The highest BCUT2D eigenvalue weighted by Crippen LogP contribution is 2.51. The van der Waals surface area contributed by atoms with Gasteiger partial charge in [-0.2, -0.15) is 0 Å². The minimum Gasteiger partial charge on any atom is -0.508 e. The van der Waals surface area contributed by atoms with Crippen molar-refractivity contribution in [2.45, 2.75) is 12.0 Å². The van der Waals surface area contributed by atoms with Gasteiger partial charge in [0.05, 0.1) is 5.92 Å². The van der Waals surface area contributed by atoms with Crippen LogP contribution in [0.3, 0.4) is 0 Å². The van der Waals surface area contributed by atoms with Gasteiger partial charge in [-0.25, -0.2) is 0 Å². The van der Waals surface area contributed by atoms with Gasteiger partial charge >= 0.3 is 0 Å². The van der Waals surface area contributed by atoms with Gasteiger partial charge in [0.25, 0.3) is 0 Å². The Morgan fingerprint density at radius 3 is 1.76 bits per heavy atom. The molecule has 0 aliphatic carbocycles. The van der Waals surface area contributed by atoms with E-state index in [1.165, 1.54) is 12.1 Å². The number of phenols is 5. The summed E-state index contributed by atoms with van der Waals surface area (Å²) in [6.45, 7) is 0. The molecule has 0 saturated carbocycles. The molecule has 1 heterocycles. The zero-order chi connectivity index (χ0) is 23.8. The third-order valence-electron chi connectivity index (χ3n) is 5.82. The van der Waals surface area contributed by atoms with Gasteiger partial charge in [-0.3, -0.25) is 0 Å². The van der Waals surface area contributed by atoms with Crippen molar-refractivity contribution in [2.24, 2.45) is 0 Å². The number of phenolic OH excluding ortho intramolecular Hbond substituents is 5. The summed E-state index contributed by atoms with van der Waals surface area (Å²) in [7, 11) is 0. The van der Waals surface area contributed by atoms with Crippen LogP contribution in [-0.4, -0.2) is 25.5 Å². The summed E-state index contributed by atoms with van der Waals surface area (Å²) in [6.07, 6.45) is 3.21. The highest BCUT2D eigenvalue weighted by atomic mass is 16.5. The molecule has 0 saturated heterocycles. The van der Waals surface area contributed by atoms with Gasteiger partial charge in [-0.1, -0.05) is 30.4 Å². The normalized spacial score (nSPS) is 16.9. The lowest BCUT2D eigenvalue weighted by Crippen LogP contribution is -2.11. The van der Waals surface area contributed by atoms with Crippen LogP contribution in [0.4, 0.5) is 0 Å². The average Bonchev–Trinajstić information content (AvgIpc) is 3.15. The molecule has 0 amide bonds. The summed E-state index contributed by atoms with van der Waals surface area (Å²) >= 11 is 0. The van der Waals surface area contributed by atoms with Crippen molar-refractivity contribution < 1.29 is 30.3 Å². The summed E-state index contributed by atoms with van der Waals surface area (Å²) < 4.78 is 6.29. The van der Waals surface area contributed by atoms with E-state index in [2.05, 4.69) is 0 Å². The van der Waals surface area contributed by atoms with E-state index in [0.29, 0.717) is 16.9 Å². The number of hydrogen-bond donors (Lipinski definition) is 5. The Hall–Kier alpha value is -4.58. The smallest absolute Gasteiger partial charge is 0.135 e. The lowest BCUT2D eigenvalue weighted by atomic mass is 9.84. The number of fused-ring (bicyclic) bond motifs is 1. The molecule has 0 aromatic heterocycles. The fourth-order valence-corrected chi connectivity index (χ4v) is 4.37. The molecular formula is C28H22O6. The molecule has 4 aromatic carbocycles. The molecule has 34 heavy (non-hydrogen) atoms. The van der Waals surface area contributed by atoms with E-state index in [9.17, 15) is 25.5 Å². The second-order valence-corrected chi connectivity index (χ2v) is 8.30. The molecule has 5 N–H and O–H groups in total. The van der Waals surface area contributed by atoms with Gasteiger partial charge in [0.1, 0.15) is 40.6 Å². The monoisotopic (exact) mass is 454 g/mol. The Bertz CT molecular complexity index is 1350. The largest absolute Gasteiger partial charge is 0.508 e. The quantitative estimate of drug-likeness (QED) is 0.255. The fraction of sp³-hybridized carbons (Fsp3) is 0.0714. The number of aromatic hydroxyl groups is 5. The molecule has 0 spiro atoms. The van der Waals surface area contributed by atoms with Gasteiger partial charge in [-0.05, 0) is 70.8 Å². The first-order valence-electron chi connectivity index (χ1n) is 10.7. The summed E-state index contributed by atoms with van der Waals surface area (Å²) in [6, 6.07) is 21.4. The summed E-state index contributed by atoms with van der Waals surface area (Å²) in [5.74, 6) is 0.357. The molecule has 0 radical (unpaired) electrons. The lowest BCUT2D eigenvalue weighted by Gasteiger charge is -2.20. The Morgan fingerprint density at radius 2 is 1.12 bits per heavy atom. The summed E-state index contributed by atoms with van der Waals surface area (Å²) in [5.41, 5.74) is 3.92. The SMILES string of the molecule is Oc1ccc([C@H]2Oc3ccc(/C=C/c4cc(O)cc(O)c4)cc3C2c2cc(O)cc(O)c2)cc1. The zero-order valence-electron chi connectivity index (χ0n) is 18.0. The maximum atomic E-state index is 10.1. The van der Waals surface area contributed by atoms with Crippen molar-refractivity contribution in [3.63, 3.8) is 0 Å². The van der Waals surface area contributed by atoms with Crippen molar-refractivity contribution in [3.05, 3.63) is 107 Å². The van der Waals surface area contributed by atoms with E-state index in [4.69, 9.17) is 4.74 Å². The van der Waals surface area contributed by atoms with Crippen LogP contribution >= 0.6 is 0 Å². The maximum absolute atomic E-state index is 10.1. The molecule has 170 valence electrons. The van der Waals surface area contributed by atoms with Gasteiger partial charge in [0.15, 0.2) is 0 Å². The summed E-state index contributed by atoms with van der Waals surface area (Å²) in [4.78, 5) is 0. The standard InChI is InChI=1S/C28H22O6/c29-20-6-4-18(5-7-20)28-27(19-12-23(32)15-24(33)13-19)25-11-16(3-8-26(25)34-28)1-2-17-9-21(30)14-22(31)10-17/h1-15,27-33H/b2-1+/t27?,28-/m1/s1. The number of benzene rings is 4. The topological polar surface area (TPSA) is 110 Å². The van der Waals surface area contributed by atoms with Gasteiger partial charge in [0, 0.05) is 17.7 Å². The minimum absolute atomic E-state index is 0.0255. The second-order valence-electron chi connectivity index (χ2n) is 8.30. The van der Waals surface area contributed by atoms with E-state index in [1.54, 1.807) is 54.6 Å². The Balaban J connectivity index is 1.57. The van der Waals surface area contributed by atoms with Crippen molar-refractivity contribution in [3.8, 4) is 34.5 Å². The van der Waals surface area contributed by atoms with E-state index >= 15 is 0 Å². The van der Waals surface area contributed by atoms with E-state index < -0.39 is 6.10 Å². The molecule has 0 bridgehead atoms. The van der Waals surface area contributed by atoms with E-state index in [1.807, 2.05) is 24.3 Å². The van der Waals surface area contributed by atoms with Crippen LogP contribution in [-0.2, 0) is 0 Å². The van der Waals surface area contributed by atoms with Crippen LogP contribution in [0.5, 0.6) is 34.5 Å². The number of hydrogen-bond acceptors (Lipinski definition) is 6. The van der Waals surface area contributed by atoms with Crippen molar-refractivity contribution >= 4 is 12.2 Å². The molecule has 1 unspecified atom stereocenters. The minimum atomic E-state index is -0.431. The van der Waals surface area contributed by atoms with Gasteiger partial charge in [0.2, 0.25) is 0 Å². The highest BCUT2D eigenvalue weighted by Gasteiger charge is 2.37. The van der Waals surface area contributed by atoms with Gasteiger partial charge < -0.3 is 30.3 Å². The predicted octanol–water partition coefficient (Wildman–Crippen LogP) is 5.65. The first-order chi connectivity index (χ1) is 16.4. The molecule has 2 atom stereocenters. The van der Waals surface area contributed by atoms with Crippen LogP contribution in [0.25, 0.3) is 12.2 Å². The second kappa shape index (κ2) is 8.41. The van der Waals surface area contributed by atoms with Crippen LogP contribution in [0.1, 0.15) is 39.8 Å². The lowest BCUT2D eigenvalue weighted by molar-refractivity contribution is 0.222. The zero-order valence-corrected chi connectivity index (χ0v) is 18.0. The first-order valence-corrected chi connectivity index (χ1v) is 10.7. The van der Waals surface area contributed by atoms with Crippen LogP contribution in [0, 0.1) is 0 Å². The van der Waals surface area contributed by atoms with E-state index in [0.717, 1.165) is 16.7 Å². The van der Waals surface area contributed by atoms with Crippen molar-refractivity contribution in [1.29, 1.82) is 0 Å². The molecule has 1 aliphatic rings. The molecule has 1 aliphatic heterocycles. The van der Waals surface area contributed by atoms with Crippen LogP contribution in [0.2, 0.25) is 0 Å². The Kier molecular flexibility index (Phi) is 5.26. The van der Waals surface area contributed by atoms with Crippen molar-refractivity contribution in [1.82, 2.24) is 0 Å². The number of ether oxygens (including phenoxy) is 1. The number of rotatable bonds is 4. The van der Waals surface area contributed by atoms with Crippen LogP contribution < -0.4 is 4.74 Å². The van der Waals surface area contributed by atoms with Gasteiger partial charge in [-0.15, -0.1) is 0 Å².